The van der Waals surface area contributed by atoms with E-state index in [1.54, 1.807) is 12.1 Å². The van der Waals surface area contributed by atoms with E-state index in [-0.39, 0.29) is 17.4 Å². The van der Waals surface area contributed by atoms with Crippen LogP contribution < -0.4 is 5.32 Å². The predicted octanol–water partition coefficient (Wildman–Crippen LogP) is 1.68. The van der Waals surface area contributed by atoms with Crippen molar-refractivity contribution in [2.45, 2.75) is 38.3 Å². The summed E-state index contributed by atoms with van der Waals surface area (Å²) in [5, 5.41) is 21.5. The highest BCUT2D eigenvalue weighted by Crippen LogP contribution is 2.45. The Morgan fingerprint density at radius 1 is 1.37 bits per heavy atom. The molecule has 1 aliphatic rings. The van der Waals surface area contributed by atoms with Crippen molar-refractivity contribution in [2.75, 3.05) is 0 Å². The molecule has 0 aliphatic heterocycles. The smallest absolute Gasteiger partial charge is 0.249 e. The molecule has 0 unspecified atom stereocenters. The Balaban J connectivity index is 2.11. The van der Waals surface area contributed by atoms with Crippen LogP contribution in [0.25, 0.3) is 0 Å². The molecule has 1 amide bonds. The van der Waals surface area contributed by atoms with Crippen molar-refractivity contribution < 1.29 is 9.90 Å². The fraction of sp³-hybridized carbons (Fsp3) is 0.467. The molecular formula is C15H18N2O2. The number of carbonyl (C=O) groups is 1. The van der Waals surface area contributed by atoms with Crippen molar-refractivity contribution in [1.29, 1.82) is 5.26 Å². The first-order valence-electron chi connectivity index (χ1n) is 6.49. The number of aliphatic hydroxyl groups is 1. The number of nitriles is 1. The number of benzene rings is 1. The summed E-state index contributed by atoms with van der Waals surface area (Å²) in [4.78, 5) is 11.9. The van der Waals surface area contributed by atoms with Gasteiger partial charge in [0, 0.05) is 0 Å². The van der Waals surface area contributed by atoms with Gasteiger partial charge in [-0.1, -0.05) is 26.0 Å². The Morgan fingerprint density at radius 2 is 1.95 bits per heavy atom. The Morgan fingerprint density at radius 3 is 2.37 bits per heavy atom. The van der Waals surface area contributed by atoms with Crippen LogP contribution in [-0.2, 0) is 10.3 Å². The molecule has 4 nitrogen and oxygen atoms in total. The first-order valence-corrected chi connectivity index (χ1v) is 6.49. The second-order valence-electron chi connectivity index (χ2n) is 5.45. The summed E-state index contributed by atoms with van der Waals surface area (Å²) in [6.07, 6.45) is 0.765. The molecule has 1 aliphatic carbocycles. The number of nitrogens with one attached hydrogen (secondary N) is 1. The molecule has 1 saturated carbocycles. The van der Waals surface area contributed by atoms with Gasteiger partial charge < -0.3 is 10.4 Å². The highest BCUT2D eigenvalue weighted by atomic mass is 16.3. The number of nitrogens with zero attached hydrogens (tertiary/aromatic N) is 1. The van der Waals surface area contributed by atoms with Crippen LogP contribution in [0.15, 0.2) is 24.3 Å². The number of hydrogen-bond acceptors (Lipinski definition) is 3. The van der Waals surface area contributed by atoms with Crippen LogP contribution in [0.4, 0.5) is 0 Å². The van der Waals surface area contributed by atoms with E-state index in [9.17, 15) is 9.90 Å². The minimum atomic E-state index is -0.976. The topological polar surface area (TPSA) is 73.1 Å². The van der Waals surface area contributed by atoms with Crippen LogP contribution in [0.2, 0.25) is 0 Å². The van der Waals surface area contributed by atoms with E-state index >= 15 is 0 Å². The monoisotopic (exact) mass is 258 g/mol. The fourth-order valence-electron chi connectivity index (χ4n) is 2.09. The van der Waals surface area contributed by atoms with Crippen molar-refractivity contribution in [3.05, 3.63) is 35.4 Å². The average Bonchev–Trinajstić information content (AvgIpc) is 3.18. The number of aliphatic hydroxyl groups excluding tert-OH is 1. The molecule has 1 fully saturated rings. The van der Waals surface area contributed by atoms with Gasteiger partial charge in [-0.25, -0.2) is 0 Å². The van der Waals surface area contributed by atoms with E-state index < -0.39 is 6.10 Å². The third kappa shape index (κ3) is 2.77. The van der Waals surface area contributed by atoms with Gasteiger partial charge in [0.15, 0.2) is 0 Å². The maximum absolute atomic E-state index is 11.9. The predicted molar refractivity (Wildman–Crippen MR) is 71.1 cm³/mol. The van der Waals surface area contributed by atoms with Gasteiger partial charge in [-0.3, -0.25) is 4.79 Å². The normalized spacial score (nSPS) is 17.6. The van der Waals surface area contributed by atoms with Gasteiger partial charge in [0.25, 0.3) is 0 Å². The van der Waals surface area contributed by atoms with Crippen LogP contribution >= 0.6 is 0 Å². The third-order valence-electron chi connectivity index (χ3n) is 3.58. The van der Waals surface area contributed by atoms with Gasteiger partial charge in [-0.05, 0) is 36.5 Å². The van der Waals surface area contributed by atoms with E-state index in [1.165, 1.54) is 0 Å². The summed E-state index contributed by atoms with van der Waals surface area (Å²) in [6, 6.07) is 9.31. The molecule has 0 spiro atoms. The number of hydrogen-bond donors (Lipinski definition) is 2. The Hall–Kier alpha value is -1.86. The van der Waals surface area contributed by atoms with Crippen molar-refractivity contribution in [2.24, 2.45) is 5.92 Å². The van der Waals surface area contributed by atoms with Gasteiger partial charge in [0.1, 0.15) is 6.10 Å². The molecule has 19 heavy (non-hydrogen) atoms. The van der Waals surface area contributed by atoms with Crippen molar-refractivity contribution in [3.8, 4) is 6.07 Å². The van der Waals surface area contributed by atoms with E-state index in [0.717, 1.165) is 18.4 Å². The molecule has 2 rings (SSSR count). The summed E-state index contributed by atoms with van der Waals surface area (Å²) in [6.45, 7) is 3.62. The van der Waals surface area contributed by atoms with E-state index in [4.69, 9.17) is 5.26 Å². The van der Waals surface area contributed by atoms with Crippen LogP contribution in [0.3, 0.4) is 0 Å². The molecular weight excluding hydrogens is 240 g/mol. The minimum absolute atomic E-state index is 0.100. The first-order chi connectivity index (χ1) is 8.98. The number of carbonyl (C=O) groups excluding carboxylic acids is 1. The summed E-state index contributed by atoms with van der Waals surface area (Å²) < 4.78 is 0. The molecule has 0 heterocycles. The van der Waals surface area contributed by atoms with Crippen LogP contribution in [-0.4, -0.2) is 17.1 Å². The molecule has 1 aromatic rings. The second-order valence-corrected chi connectivity index (χ2v) is 5.45. The molecule has 0 bridgehead atoms. The van der Waals surface area contributed by atoms with Gasteiger partial charge in [-0.15, -0.1) is 0 Å². The van der Waals surface area contributed by atoms with Crippen molar-refractivity contribution in [3.63, 3.8) is 0 Å². The number of amides is 1. The van der Waals surface area contributed by atoms with Crippen LogP contribution in [0, 0.1) is 17.2 Å². The molecule has 2 N–H and O–H groups in total. The van der Waals surface area contributed by atoms with E-state index in [2.05, 4.69) is 11.4 Å². The first kappa shape index (κ1) is 13.6. The summed E-state index contributed by atoms with van der Waals surface area (Å²) in [5.74, 6) is -0.423. The second kappa shape index (κ2) is 5.02. The number of rotatable bonds is 4. The Kier molecular flexibility index (Phi) is 3.59. The highest BCUT2D eigenvalue weighted by Gasteiger charge is 2.46. The molecule has 1 aromatic carbocycles. The average molecular weight is 258 g/mol. The molecule has 1 atom stereocenters. The molecule has 0 aromatic heterocycles. The molecule has 0 saturated heterocycles. The zero-order chi connectivity index (χ0) is 14.0. The fourth-order valence-corrected chi connectivity index (χ4v) is 2.09. The van der Waals surface area contributed by atoms with Crippen molar-refractivity contribution >= 4 is 5.91 Å². The Bertz CT molecular complexity index is 510. The van der Waals surface area contributed by atoms with Gasteiger partial charge in [0.05, 0.1) is 17.2 Å². The largest absolute Gasteiger partial charge is 0.383 e. The van der Waals surface area contributed by atoms with Crippen LogP contribution in [0.5, 0.6) is 0 Å². The molecule has 0 radical (unpaired) electrons. The molecule has 100 valence electrons. The summed E-state index contributed by atoms with van der Waals surface area (Å²) in [7, 11) is 0. The molecule has 4 heteroatoms. The highest BCUT2D eigenvalue weighted by molar-refractivity contribution is 5.82. The lowest BCUT2D eigenvalue weighted by molar-refractivity contribution is -0.132. The van der Waals surface area contributed by atoms with Gasteiger partial charge in [0.2, 0.25) is 5.91 Å². The maximum Gasteiger partial charge on any atom is 0.249 e. The lowest BCUT2D eigenvalue weighted by atomic mass is 10.0. The standard InChI is InChI=1S/C15H18N2O2/c1-10(2)13(18)14(19)17-15(7-8-15)12-5-3-11(9-16)4-6-12/h3-6,10,13,18H,7-8H2,1-2H3,(H,17,19)/t13-/m1/s1. The maximum atomic E-state index is 11.9. The quantitative estimate of drug-likeness (QED) is 0.863. The zero-order valence-corrected chi connectivity index (χ0v) is 11.2. The van der Waals surface area contributed by atoms with Gasteiger partial charge >= 0.3 is 0 Å². The minimum Gasteiger partial charge on any atom is -0.383 e. The van der Waals surface area contributed by atoms with E-state index in [0.29, 0.717) is 5.56 Å². The van der Waals surface area contributed by atoms with E-state index in [1.807, 2.05) is 26.0 Å². The summed E-state index contributed by atoms with van der Waals surface area (Å²) >= 11 is 0. The van der Waals surface area contributed by atoms with Gasteiger partial charge in [-0.2, -0.15) is 5.26 Å². The lowest BCUT2D eigenvalue weighted by Gasteiger charge is -2.21. The third-order valence-corrected chi connectivity index (χ3v) is 3.58. The summed E-state index contributed by atoms with van der Waals surface area (Å²) in [5.41, 5.74) is 1.25. The lowest BCUT2D eigenvalue weighted by Crippen LogP contribution is -2.43. The van der Waals surface area contributed by atoms with Crippen LogP contribution in [0.1, 0.15) is 37.8 Å². The SMILES string of the molecule is CC(C)[C@@H](O)C(=O)NC1(c2ccc(C#N)cc2)CC1. The Labute approximate surface area is 113 Å². The van der Waals surface area contributed by atoms with Crippen molar-refractivity contribution in [1.82, 2.24) is 5.32 Å². The zero-order valence-electron chi connectivity index (χ0n) is 11.2.